The van der Waals surface area contributed by atoms with Crippen molar-refractivity contribution in [2.24, 2.45) is 34.9 Å². The third-order valence-electron chi connectivity index (χ3n) is 22.9. The van der Waals surface area contributed by atoms with E-state index in [1.54, 1.807) is 148 Å². The molecule has 4 fully saturated rings. The van der Waals surface area contributed by atoms with Crippen LogP contribution in [0.5, 0.6) is 23.0 Å². The van der Waals surface area contributed by atoms with Crippen molar-refractivity contribution in [3.8, 4) is 79.4 Å². The molecule has 133 heavy (non-hydrogen) atoms. The maximum atomic E-state index is 13.6. The summed E-state index contributed by atoms with van der Waals surface area (Å²) in [6.45, 7) is 14.0. The zero-order valence-corrected chi connectivity index (χ0v) is 76.2. The van der Waals surface area contributed by atoms with Crippen molar-refractivity contribution in [1.29, 1.82) is 0 Å². The molecule has 5 aromatic carbocycles. The average molecular weight is 1880 g/mol. The molecule has 7 atom stereocenters. The third-order valence-corrected chi connectivity index (χ3v) is 29.4. The maximum Gasteiger partial charge on any atom is 0.235 e. The number of hydrogen-bond acceptors (Lipinski definition) is 25. The number of ether oxygens (including phenoxy) is 5. The number of sulfone groups is 3. The number of pyridine rings is 3. The van der Waals surface area contributed by atoms with Crippen LogP contribution in [0.15, 0.2) is 189 Å². The fraction of sp³-hybridized carbons (Fsp3) is 0.337. The zero-order chi connectivity index (χ0) is 95.0. The SMILES string of the molecule is CC(F)Oc1cccc(-c2cn(-c3ccc(F)cc3)c3nc(C(=O)C[C@@]4(C)CCS(=O)(=O)C4)cnc23)c1.CC(F)Oc1cccc(-c2cn(-c3ncc(F)cn3)c3cc(C(=O)C[C@@H]4COC[C@H]4N)cnc23)c1.CC(F)Oc1cccc(-c2nn(C)c3cc(C(=O)CC4(C)CS(=O)(=O)C4)cnc23)c1.CCn1nc(-c2cccc(OC(C)F)c2)c2ncc(C(=O)CC3(C)CS(=O)(=O)C3)cc21. The molecule has 694 valence electrons. The number of hydrogen-bond donors (Lipinski definition) is 1. The van der Waals surface area contributed by atoms with Gasteiger partial charge in [0.1, 0.15) is 62.4 Å². The first kappa shape index (κ1) is 94.6. The van der Waals surface area contributed by atoms with E-state index in [1.807, 2.05) is 45.0 Å². The van der Waals surface area contributed by atoms with Crippen LogP contribution in [0.4, 0.5) is 26.3 Å². The van der Waals surface area contributed by atoms with Gasteiger partial charge in [-0.2, -0.15) is 10.2 Å². The van der Waals surface area contributed by atoms with E-state index in [0.29, 0.717) is 144 Å². The van der Waals surface area contributed by atoms with Crippen molar-refractivity contribution in [2.45, 2.75) is 126 Å². The van der Waals surface area contributed by atoms with E-state index in [9.17, 15) is 70.8 Å². The molecule has 0 aliphatic carbocycles. The Morgan fingerprint density at radius 3 is 1.40 bits per heavy atom. The lowest BCUT2D eigenvalue weighted by atomic mass is 9.84. The second kappa shape index (κ2) is 38.3. The number of nitrogens with zero attached hydrogens (tertiary/aromatic N) is 13. The number of nitrogens with two attached hydrogens (primary N) is 1. The molecule has 9 aromatic heterocycles. The molecule has 29 nitrogen and oxygen atoms in total. The Hall–Kier alpha value is -13.0. The molecule has 0 spiro atoms. The minimum atomic E-state index is -3.16. The molecule has 4 aliphatic heterocycles. The highest BCUT2D eigenvalue weighted by molar-refractivity contribution is 7.93. The van der Waals surface area contributed by atoms with Crippen molar-refractivity contribution < 1.29 is 94.5 Å². The molecule has 13 heterocycles. The highest BCUT2D eigenvalue weighted by Crippen LogP contribution is 2.43. The van der Waals surface area contributed by atoms with E-state index in [-0.39, 0.29) is 107 Å². The summed E-state index contributed by atoms with van der Waals surface area (Å²) < 4.78 is 183. The third kappa shape index (κ3) is 22.2. The first-order valence-electron chi connectivity index (χ1n) is 42.6. The summed E-state index contributed by atoms with van der Waals surface area (Å²) >= 11 is 0. The zero-order valence-electron chi connectivity index (χ0n) is 73.8. The number of benzene rings is 5. The van der Waals surface area contributed by atoms with Gasteiger partial charge in [0.05, 0.1) is 88.4 Å². The van der Waals surface area contributed by atoms with Gasteiger partial charge in [-0.05, 0) is 121 Å². The number of alkyl halides is 4. The Morgan fingerprint density at radius 2 is 0.917 bits per heavy atom. The van der Waals surface area contributed by atoms with Crippen molar-refractivity contribution in [3.63, 3.8) is 0 Å². The lowest BCUT2D eigenvalue weighted by molar-refractivity contribution is 0.0856. The van der Waals surface area contributed by atoms with Crippen molar-refractivity contribution in [2.75, 3.05) is 47.7 Å². The molecule has 0 radical (unpaired) electrons. The summed E-state index contributed by atoms with van der Waals surface area (Å²) in [7, 11) is -7.43. The van der Waals surface area contributed by atoms with Gasteiger partial charge in [-0.15, -0.1) is 0 Å². The fourth-order valence-corrected chi connectivity index (χ4v) is 23.8. The second-order valence-electron chi connectivity index (χ2n) is 34.8. The minimum absolute atomic E-state index is 0.0343. The molecule has 2 N–H and O–H groups in total. The highest BCUT2D eigenvalue weighted by Gasteiger charge is 2.47. The van der Waals surface area contributed by atoms with Crippen LogP contribution < -0.4 is 24.7 Å². The molecule has 4 saturated heterocycles. The largest absolute Gasteiger partial charge is 0.461 e. The monoisotopic (exact) mass is 1880 g/mol. The Morgan fingerprint density at radius 1 is 0.481 bits per heavy atom. The molecular weight excluding hydrogens is 1790 g/mol. The van der Waals surface area contributed by atoms with Crippen molar-refractivity contribution >= 4 is 96.9 Å². The summed E-state index contributed by atoms with van der Waals surface area (Å²) in [6.07, 6.45) is 6.77. The number of aryl methyl sites for hydroxylation is 2. The average Bonchev–Trinajstić information content (AvgIpc) is 1.42. The van der Waals surface area contributed by atoms with Crippen molar-refractivity contribution in [1.82, 2.24) is 63.6 Å². The predicted molar refractivity (Wildman–Crippen MR) is 487 cm³/mol. The number of rotatable bonds is 27. The number of carbonyl (C=O) groups excluding carboxylic acids is 4. The molecule has 0 amide bonds. The van der Waals surface area contributed by atoms with Crippen molar-refractivity contribution in [3.05, 3.63) is 223 Å². The van der Waals surface area contributed by atoms with Crippen LogP contribution in [0.2, 0.25) is 0 Å². The van der Waals surface area contributed by atoms with Gasteiger partial charge in [0, 0.05) is 165 Å². The smallest absolute Gasteiger partial charge is 0.235 e. The number of halogens is 6. The number of Topliss-reactive ketones (excluding diaryl/α,β-unsaturated/α-hetero) is 4. The van der Waals surface area contributed by atoms with Crippen LogP contribution in [-0.4, -0.2) is 191 Å². The normalized spacial score (nSPS) is 18.6. The van der Waals surface area contributed by atoms with E-state index in [2.05, 4.69) is 45.1 Å². The summed E-state index contributed by atoms with van der Waals surface area (Å²) in [4.78, 5) is 82.6. The van der Waals surface area contributed by atoms with Gasteiger partial charge in [0.25, 0.3) is 0 Å². The van der Waals surface area contributed by atoms with Gasteiger partial charge in [0.2, 0.25) is 31.4 Å². The lowest BCUT2D eigenvalue weighted by Crippen LogP contribution is -2.47. The van der Waals surface area contributed by atoms with E-state index < -0.39 is 82.8 Å². The quantitative estimate of drug-likeness (QED) is 0.0369. The van der Waals surface area contributed by atoms with E-state index in [0.717, 1.165) is 29.1 Å². The fourth-order valence-electron chi connectivity index (χ4n) is 17.1. The molecule has 38 heteroatoms. The Labute approximate surface area is 761 Å². The summed E-state index contributed by atoms with van der Waals surface area (Å²) in [6, 6.07) is 38.6. The number of fused-ring (bicyclic) bond motifs is 4. The molecule has 0 saturated carbocycles. The summed E-state index contributed by atoms with van der Waals surface area (Å²) in [5.41, 5.74) is 16.4. The number of aromatic nitrogens is 13. The minimum Gasteiger partial charge on any atom is -0.461 e. The van der Waals surface area contributed by atoms with Gasteiger partial charge in [-0.1, -0.05) is 69.3 Å². The molecule has 14 aromatic rings. The Balaban J connectivity index is 0.000000136. The molecular formula is C95H94F6N14O15S3. The van der Waals surface area contributed by atoms with Gasteiger partial charge in [-0.25, -0.2) is 71.5 Å². The summed E-state index contributed by atoms with van der Waals surface area (Å²) in [5.74, 6) is 0.174. The molecule has 4 aliphatic rings. The predicted octanol–water partition coefficient (Wildman–Crippen LogP) is 16.3. The highest BCUT2D eigenvalue weighted by atomic mass is 32.2. The van der Waals surface area contributed by atoms with Gasteiger partial charge >= 0.3 is 0 Å². The van der Waals surface area contributed by atoms with Crippen LogP contribution in [-0.2, 0) is 47.8 Å². The Kier molecular flexibility index (Phi) is 27.2. The lowest BCUT2D eigenvalue weighted by Gasteiger charge is -2.37. The maximum absolute atomic E-state index is 13.6. The van der Waals surface area contributed by atoms with Gasteiger partial charge in [0.15, 0.2) is 64.1 Å². The second-order valence-corrected chi connectivity index (χ2v) is 41.1. The molecule has 18 rings (SSSR count). The van der Waals surface area contributed by atoms with Gasteiger partial charge < -0.3 is 29.4 Å². The van der Waals surface area contributed by atoms with E-state index in [1.165, 1.54) is 64.6 Å². The molecule has 4 unspecified atom stereocenters. The molecule has 0 bridgehead atoms. The number of ketones is 4. The summed E-state index contributed by atoms with van der Waals surface area (Å²) in [5, 5.41) is 9.15. The van der Waals surface area contributed by atoms with Crippen LogP contribution in [0.3, 0.4) is 0 Å². The first-order chi connectivity index (χ1) is 63.0. The number of carbonyl (C=O) groups is 4. The van der Waals surface area contributed by atoms with Crippen LogP contribution in [0, 0.1) is 33.8 Å². The van der Waals surface area contributed by atoms with Gasteiger partial charge in [-0.3, -0.25) is 52.6 Å². The van der Waals surface area contributed by atoms with Crippen LogP contribution in [0.25, 0.3) is 101 Å². The van der Waals surface area contributed by atoms with E-state index >= 15 is 0 Å². The van der Waals surface area contributed by atoms with Crippen LogP contribution in [0.1, 0.15) is 129 Å². The first-order valence-corrected chi connectivity index (χ1v) is 48.1. The Bertz CT molecular complexity index is 7150. The van der Waals surface area contributed by atoms with E-state index in [4.69, 9.17) is 29.4 Å². The standard InChI is InChI=1S/C27H25F2N3O4S.C25H23F2N5O3.C22H24FN3O4S.C21H22FN3O4S/c1-17(28)36-21-5-3-4-18(12-21)22-15-32(20-8-6-19(29)7-9-20)26-25(22)30-14-23(31-26)24(33)13-27(2)10-11-37(34,35)16-27;1-14(26)35-19-4-2-3-15(5-19)20-11-32(25-30-9-18(27)10-31-25)22-6-16(8-29-24(20)22)23(33)7-17-12-34-13-21(17)28;1-4-26-18-9-16(19(27)10-22(3)12-31(28,29)13-22)11-24-21(18)20(25-26)15-6-5-7-17(8-15)30-14(2)23;1-13(22)29-16-6-4-5-14(7-16)19-20-17(25(3)24-19)8-15(10-23-20)18(26)9-21(2)11-30(27,28)12-21/h3-9,12,14-15,17H,10-11,13,16H2,1-2H3;2-6,8-11,14,17,21H,7,12-13,28H2,1H3;5-9,11,14H,4,10,12-13H2,1-3H3;4-8,10,13H,9,11-12H2,1-3H3/t17?,27-;14?,17-,21-;;/m11../s1. The van der Waals surface area contributed by atoms with Crippen LogP contribution >= 0.6 is 0 Å². The topological polar surface area (TPSA) is 379 Å².